The number of fused-ring (bicyclic) bond motifs is 1. The van der Waals surface area contributed by atoms with E-state index in [1.807, 2.05) is 0 Å². The van der Waals surface area contributed by atoms with Crippen molar-refractivity contribution in [3.8, 4) is 11.5 Å². The van der Waals surface area contributed by atoms with E-state index in [-0.39, 0.29) is 6.54 Å². The second-order valence-corrected chi connectivity index (χ2v) is 6.03. The van der Waals surface area contributed by atoms with Crippen LogP contribution in [0.1, 0.15) is 0 Å². The predicted octanol–water partition coefficient (Wildman–Crippen LogP) is 4.16. The Kier molecular flexibility index (Phi) is 4.63. The summed E-state index contributed by atoms with van der Waals surface area (Å²) in [6, 6.07) is 19.3. The van der Waals surface area contributed by atoms with Crippen LogP contribution < -0.4 is 15.8 Å². The molecule has 0 radical (unpaired) electrons. The number of nitrogens with one attached hydrogen (secondary N) is 1. The lowest BCUT2D eigenvalue weighted by Gasteiger charge is -2.12. The largest absolute Gasteiger partial charge is 0.455 e. The number of para-hydroxylation sites is 4. The highest BCUT2D eigenvalue weighted by Crippen LogP contribution is 2.29. The fourth-order valence-corrected chi connectivity index (χ4v) is 2.81. The molecule has 6 nitrogen and oxygen atoms in total. The van der Waals surface area contributed by atoms with Gasteiger partial charge in [0.1, 0.15) is 18.1 Å². The van der Waals surface area contributed by atoms with Gasteiger partial charge in [0, 0.05) is 6.07 Å². The van der Waals surface area contributed by atoms with E-state index in [0.29, 0.717) is 28.3 Å². The fourth-order valence-electron chi connectivity index (χ4n) is 2.81. The molecule has 0 aliphatic carbocycles. The lowest BCUT2D eigenvalue weighted by molar-refractivity contribution is -0.116. The predicted molar refractivity (Wildman–Crippen MR) is 102 cm³/mol. The van der Waals surface area contributed by atoms with Crippen molar-refractivity contribution >= 4 is 22.7 Å². The van der Waals surface area contributed by atoms with E-state index < -0.39 is 17.5 Å². The molecule has 0 aliphatic rings. The Morgan fingerprint density at radius 1 is 1.04 bits per heavy atom. The summed E-state index contributed by atoms with van der Waals surface area (Å²) in [6.45, 7) is -0.218. The second kappa shape index (κ2) is 7.40. The minimum Gasteiger partial charge on any atom is -0.455 e. The summed E-state index contributed by atoms with van der Waals surface area (Å²) in [6.07, 6.45) is 0. The molecule has 0 spiro atoms. The average molecular weight is 378 g/mol. The lowest BCUT2D eigenvalue weighted by atomic mass is 10.2. The van der Waals surface area contributed by atoms with E-state index >= 15 is 0 Å². The standard InChI is InChI=1S/C21H15FN2O4/c22-14-6-5-7-15(12-14)27-18-10-3-1-8-16(18)23-20(25)13-24-17-9-2-4-11-19(17)28-21(24)26/h1-12H,13H2,(H,23,25). The van der Waals surface area contributed by atoms with E-state index in [4.69, 9.17) is 9.15 Å². The first-order valence-electron chi connectivity index (χ1n) is 8.51. The Balaban J connectivity index is 1.55. The van der Waals surface area contributed by atoms with Crippen LogP contribution in [0.3, 0.4) is 0 Å². The molecule has 1 amide bonds. The van der Waals surface area contributed by atoms with Gasteiger partial charge < -0.3 is 14.5 Å². The van der Waals surface area contributed by atoms with E-state index in [1.54, 1.807) is 54.6 Å². The Morgan fingerprint density at radius 2 is 1.82 bits per heavy atom. The molecule has 0 saturated heterocycles. The second-order valence-electron chi connectivity index (χ2n) is 6.03. The summed E-state index contributed by atoms with van der Waals surface area (Å²) < 4.78 is 25.4. The highest BCUT2D eigenvalue weighted by Gasteiger charge is 2.14. The van der Waals surface area contributed by atoms with Crippen molar-refractivity contribution in [1.82, 2.24) is 4.57 Å². The fraction of sp³-hybridized carbons (Fsp3) is 0.0476. The summed E-state index contributed by atoms with van der Waals surface area (Å²) in [7, 11) is 0. The van der Waals surface area contributed by atoms with Gasteiger partial charge in [-0.05, 0) is 36.4 Å². The van der Waals surface area contributed by atoms with Gasteiger partial charge in [-0.25, -0.2) is 9.18 Å². The molecule has 4 aromatic rings. The molecule has 140 valence electrons. The number of rotatable bonds is 5. The number of carbonyl (C=O) groups excluding carboxylic acids is 1. The first-order chi connectivity index (χ1) is 13.6. The maximum atomic E-state index is 13.4. The third-order valence-corrected chi connectivity index (χ3v) is 4.06. The molecule has 1 aromatic heterocycles. The van der Waals surface area contributed by atoms with Crippen LogP contribution in [0.2, 0.25) is 0 Å². The SMILES string of the molecule is O=C(Cn1c(=O)oc2ccccc21)Nc1ccccc1Oc1cccc(F)c1. The van der Waals surface area contributed by atoms with Crippen molar-refractivity contribution in [2.45, 2.75) is 6.54 Å². The van der Waals surface area contributed by atoms with Crippen molar-refractivity contribution in [1.29, 1.82) is 0 Å². The lowest BCUT2D eigenvalue weighted by Crippen LogP contribution is -2.24. The van der Waals surface area contributed by atoms with Crippen LogP contribution in [0.4, 0.5) is 10.1 Å². The maximum absolute atomic E-state index is 13.4. The zero-order valence-electron chi connectivity index (χ0n) is 14.6. The number of hydrogen-bond acceptors (Lipinski definition) is 4. The van der Waals surface area contributed by atoms with Crippen LogP contribution >= 0.6 is 0 Å². The van der Waals surface area contributed by atoms with Crippen LogP contribution in [0.25, 0.3) is 11.1 Å². The van der Waals surface area contributed by atoms with E-state index in [2.05, 4.69) is 5.32 Å². The number of hydrogen-bond donors (Lipinski definition) is 1. The zero-order valence-corrected chi connectivity index (χ0v) is 14.6. The molecular formula is C21H15FN2O4. The molecule has 0 bridgehead atoms. The highest BCUT2D eigenvalue weighted by atomic mass is 19.1. The van der Waals surface area contributed by atoms with Crippen molar-refractivity contribution in [2.24, 2.45) is 0 Å². The molecule has 3 aromatic carbocycles. The van der Waals surface area contributed by atoms with Crippen molar-refractivity contribution < 1.29 is 18.3 Å². The topological polar surface area (TPSA) is 73.5 Å². The third kappa shape index (κ3) is 3.64. The number of anilines is 1. The van der Waals surface area contributed by atoms with Crippen molar-refractivity contribution in [3.63, 3.8) is 0 Å². The zero-order chi connectivity index (χ0) is 19.5. The number of halogens is 1. The van der Waals surface area contributed by atoms with Crippen LogP contribution in [-0.4, -0.2) is 10.5 Å². The smallest absolute Gasteiger partial charge is 0.420 e. The monoisotopic (exact) mass is 378 g/mol. The molecule has 0 atom stereocenters. The van der Waals surface area contributed by atoms with Gasteiger partial charge in [0.05, 0.1) is 11.2 Å². The van der Waals surface area contributed by atoms with Crippen LogP contribution in [0.15, 0.2) is 82.0 Å². The van der Waals surface area contributed by atoms with Gasteiger partial charge >= 0.3 is 5.76 Å². The first-order valence-corrected chi connectivity index (χ1v) is 8.51. The molecule has 0 unspecified atom stereocenters. The quantitative estimate of drug-likeness (QED) is 0.566. The number of amides is 1. The van der Waals surface area contributed by atoms with Gasteiger partial charge in [0.2, 0.25) is 5.91 Å². The number of oxazole rings is 1. The Morgan fingerprint density at radius 3 is 2.68 bits per heavy atom. The summed E-state index contributed by atoms with van der Waals surface area (Å²) >= 11 is 0. The summed E-state index contributed by atoms with van der Waals surface area (Å²) in [5, 5.41) is 2.72. The van der Waals surface area contributed by atoms with Crippen LogP contribution in [0, 0.1) is 5.82 Å². The van der Waals surface area contributed by atoms with Crippen LogP contribution in [0.5, 0.6) is 11.5 Å². The van der Waals surface area contributed by atoms with Gasteiger partial charge in [-0.15, -0.1) is 0 Å². The van der Waals surface area contributed by atoms with Gasteiger partial charge in [-0.1, -0.05) is 30.3 Å². The normalized spacial score (nSPS) is 10.8. The minimum absolute atomic E-state index is 0.218. The maximum Gasteiger partial charge on any atom is 0.420 e. The number of aromatic nitrogens is 1. The molecular weight excluding hydrogens is 363 g/mol. The summed E-state index contributed by atoms with van der Waals surface area (Å²) in [5.74, 6) is -0.806. The van der Waals surface area contributed by atoms with Crippen molar-refractivity contribution in [3.05, 3.63) is 89.2 Å². The van der Waals surface area contributed by atoms with Gasteiger partial charge in [0.15, 0.2) is 11.3 Å². The number of nitrogens with zero attached hydrogens (tertiary/aromatic N) is 1. The van der Waals surface area contributed by atoms with E-state index in [0.717, 1.165) is 0 Å². The Labute approximate surface area is 158 Å². The molecule has 7 heteroatoms. The number of carbonyl (C=O) groups is 1. The molecule has 1 N–H and O–H groups in total. The number of benzene rings is 3. The van der Waals surface area contributed by atoms with E-state index in [1.165, 1.54) is 22.8 Å². The Bertz CT molecular complexity index is 1210. The van der Waals surface area contributed by atoms with E-state index in [9.17, 15) is 14.0 Å². The summed E-state index contributed by atoms with van der Waals surface area (Å²) in [4.78, 5) is 24.5. The highest BCUT2D eigenvalue weighted by molar-refractivity contribution is 5.93. The third-order valence-electron chi connectivity index (χ3n) is 4.06. The van der Waals surface area contributed by atoms with Crippen LogP contribution in [-0.2, 0) is 11.3 Å². The molecule has 0 aliphatic heterocycles. The number of ether oxygens (including phenoxy) is 1. The van der Waals surface area contributed by atoms with Crippen molar-refractivity contribution in [2.75, 3.05) is 5.32 Å². The van der Waals surface area contributed by atoms with Gasteiger partial charge in [-0.3, -0.25) is 9.36 Å². The first kappa shape index (κ1) is 17.5. The summed E-state index contributed by atoms with van der Waals surface area (Å²) in [5.41, 5.74) is 1.35. The minimum atomic E-state index is -0.611. The molecule has 28 heavy (non-hydrogen) atoms. The van der Waals surface area contributed by atoms with Gasteiger partial charge in [0.25, 0.3) is 0 Å². The molecule has 1 heterocycles. The van der Waals surface area contributed by atoms with Gasteiger partial charge in [-0.2, -0.15) is 0 Å². The molecule has 0 saturated carbocycles. The average Bonchev–Trinajstić information content (AvgIpc) is 2.99. The Hall–Kier alpha value is -3.87. The molecule has 0 fully saturated rings. The molecule has 4 rings (SSSR count).